The van der Waals surface area contributed by atoms with Crippen molar-refractivity contribution in [3.05, 3.63) is 17.7 Å². The maximum absolute atomic E-state index is 12.4. The van der Waals surface area contributed by atoms with Crippen molar-refractivity contribution in [3.8, 4) is 23.8 Å². The van der Waals surface area contributed by atoms with E-state index in [1.165, 1.54) is 12.0 Å². The molecule has 1 aliphatic rings. The van der Waals surface area contributed by atoms with Crippen LogP contribution in [0.15, 0.2) is 12.1 Å². The first-order chi connectivity index (χ1) is 9.44. The number of aliphatic hydroxyl groups excluding tert-OH is 1. The number of nitrogens with zero attached hydrogens (tertiary/aromatic N) is 1. The molecule has 20 heavy (non-hydrogen) atoms. The van der Waals surface area contributed by atoms with Crippen LogP contribution >= 0.6 is 0 Å². The number of hydrogen-bond acceptors (Lipinski definition) is 4. The first-order valence-corrected chi connectivity index (χ1v) is 6.20. The first kappa shape index (κ1) is 14.2. The van der Waals surface area contributed by atoms with Gasteiger partial charge in [-0.25, -0.2) is 0 Å². The molecule has 0 radical (unpaired) electrons. The molecular formula is C15H17NO4. The number of amides is 1. The summed E-state index contributed by atoms with van der Waals surface area (Å²) >= 11 is 0. The van der Waals surface area contributed by atoms with Crippen LogP contribution in [0.3, 0.4) is 0 Å². The van der Waals surface area contributed by atoms with E-state index in [4.69, 9.17) is 15.9 Å². The van der Waals surface area contributed by atoms with Crippen LogP contribution in [-0.4, -0.2) is 30.3 Å². The Hall–Kier alpha value is -2.19. The fraction of sp³-hybridized carbons (Fsp3) is 0.400. The number of benzene rings is 1. The maximum atomic E-state index is 12.4. The minimum atomic E-state index is -1.02. The molecule has 0 atom stereocenters. The van der Waals surface area contributed by atoms with Gasteiger partial charge in [0.2, 0.25) is 0 Å². The molecule has 1 amide bonds. The summed E-state index contributed by atoms with van der Waals surface area (Å²) in [6.45, 7) is 3.34. The van der Waals surface area contributed by atoms with Crippen LogP contribution in [0.4, 0.5) is 5.69 Å². The van der Waals surface area contributed by atoms with Gasteiger partial charge in [-0.2, -0.15) is 0 Å². The van der Waals surface area contributed by atoms with Crippen LogP contribution in [0.2, 0.25) is 0 Å². The van der Waals surface area contributed by atoms with Gasteiger partial charge in [0.1, 0.15) is 0 Å². The van der Waals surface area contributed by atoms with Crippen molar-refractivity contribution < 1.29 is 19.4 Å². The number of anilines is 1. The van der Waals surface area contributed by atoms with Gasteiger partial charge in [-0.05, 0) is 31.5 Å². The minimum Gasteiger partial charge on any atom is -0.493 e. The summed E-state index contributed by atoms with van der Waals surface area (Å²) in [4.78, 5) is 13.9. The lowest BCUT2D eigenvalue weighted by Gasteiger charge is -2.38. The molecule has 0 unspecified atom stereocenters. The lowest BCUT2D eigenvalue weighted by molar-refractivity contribution is -0.132. The zero-order valence-corrected chi connectivity index (χ0v) is 11.8. The van der Waals surface area contributed by atoms with Crippen LogP contribution in [0, 0.1) is 12.3 Å². The van der Waals surface area contributed by atoms with Gasteiger partial charge in [0.15, 0.2) is 17.1 Å². The third-order valence-corrected chi connectivity index (χ3v) is 3.16. The monoisotopic (exact) mass is 275 g/mol. The molecule has 1 aliphatic heterocycles. The van der Waals surface area contributed by atoms with Gasteiger partial charge >= 0.3 is 0 Å². The Morgan fingerprint density at radius 3 is 2.75 bits per heavy atom. The Morgan fingerprint density at radius 2 is 2.20 bits per heavy atom. The third-order valence-electron chi connectivity index (χ3n) is 3.16. The average molecular weight is 275 g/mol. The maximum Gasteiger partial charge on any atom is 0.271 e. The highest BCUT2D eigenvalue weighted by molar-refractivity contribution is 6.03. The Balaban J connectivity index is 2.65. The number of carbonyl (C=O) groups excluding carboxylic acids is 1. The zero-order valence-electron chi connectivity index (χ0n) is 11.8. The van der Waals surface area contributed by atoms with Crippen molar-refractivity contribution in [3.63, 3.8) is 0 Å². The molecule has 0 spiro atoms. The molecule has 0 aromatic heterocycles. The standard InChI is InChI=1S/C15H17NO4/c1-5-6-16-11-7-10(9-17)8-12(19-4)13(11)20-15(2,3)14(16)18/h1,7-8,17H,6,9H2,2-4H3. The summed E-state index contributed by atoms with van der Waals surface area (Å²) in [7, 11) is 1.51. The molecule has 106 valence electrons. The van der Waals surface area contributed by atoms with Crippen molar-refractivity contribution in [2.45, 2.75) is 26.1 Å². The van der Waals surface area contributed by atoms with Gasteiger partial charge in [-0.1, -0.05) is 5.92 Å². The Labute approximate surface area is 118 Å². The largest absolute Gasteiger partial charge is 0.493 e. The van der Waals surface area contributed by atoms with Gasteiger partial charge in [0.05, 0.1) is 25.9 Å². The average Bonchev–Trinajstić information content (AvgIpc) is 2.43. The number of methoxy groups -OCH3 is 1. The number of aliphatic hydroxyl groups is 1. The zero-order chi connectivity index (χ0) is 14.9. The van der Waals surface area contributed by atoms with Crippen molar-refractivity contribution in [1.29, 1.82) is 0 Å². The summed E-state index contributed by atoms with van der Waals surface area (Å²) in [5, 5.41) is 9.30. The normalized spacial score (nSPS) is 16.1. The van der Waals surface area contributed by atoms with E-state index in [0.717, 1.165) is 0 Å². The fourth-order valence-electron chi connectivity index (χ4n) is 2.17. The van der Waals surface area contributed by atoms with Crippen molar-refractivity contribution in [1.82, 2.24) is 0 Å². The van der Waals surface area contributed by atoms with Crippen molar-refractivity contribution >= 4 is 11.6 Å². The number of terminal acetylenes is 1. The highest BCUT2D eigenvalue weighted by atomic mass is 16.5. The van der Waals surface area contributed by atoms with Crippen LogP contribution in [0.5, 0.6) is 11.5 Å². The molecule has 2 rings (SSSR count). The topological polar surface area (TPSA) is 59.0 Å². The molecular weight excluding hydrogens is 258 g/mol. The van der Waals surface area contributed by atoms with Crippen LogP contribution < -0.4 is 14.4 Å². The molecule has 0 aliphatic carbocycles. The van der Waals surface area contributed by atoms with E-state index in [2.05, 4.69) is 5.92 Å². The van der Waals surface area contributed by atoms with E-state index in [1.54, 1.807) is 26.0 Å². The number of rotatable bonds is 3. The number of carbonyl (C=O) groups is 1. The molecule has 1 aromatic carbocycles. The summed E-state index contributed by atoms with van der Waals surface area (Å²) in [6.07, 6.45) is 5.34. The minimum absolute atomic E-state index is 0.136. The second-order valence-electron chi connectivity index (χ2n) is 5.01. The molecule has 0 bridgehead atoms. The molecule has 1 N–H and O–H groups in total. The highest BCUT2D eigenvalue weighted by Gasteiger charge is 2.42. The predicted octanol–water partition coefficient (Wildman–Crippen LogP) is 1.32. The Morgan fingerprint density at radius 1 is 1.50 bits per heavy atom. The van der Waals surface area contributed by atoms with E-state index in [1.807, 2.05) is 0 Å². The highest BCUT2D eigenvalue weighted by Crippen LogP contribution is 2.45. The molecule has 0 fully saturated rings. The van der Waals surface area contributed by atoms with E-state index in [0.29, 0.717) is 22.7 Å². The quantitative estimate of drug-likeness (QED) is 0.845. The van der Waals surface area contributed by atoms with E-state index < -0.39 is 5.60 Å². The number of ether oxygens (including phenoxy) is 2. The van der Waals surface area contributed by atoms with Gasteiger partial charge in [0.25, 0.3) is 5.91 Å². The second-order valence-corrected chi connectivity index (χ2v) is 5.01. The van der Waals surface area contributed by atoms with Gasteiger partial charge < -0.3 is 14.6 Å². The fourth-order valence-corrected chi connectivity index (χ4v) is 2.17. The number of hydrogen-bond donors (Lipinski definition) is 1. The predicted molar refractivity (Wildman–Crippen MR) is 74.8 cm³/mol. The van der Waals surface area contributed by atoms with Gasteiger partial charge in [-0.15, -0.1) is 6.42 Å². The number of fused-ring (bicyclic) bond motifs is 1. The first-order valence-electron chi connectivity index (χ1n) is 6.20. The molecule has 1 heterocycles. The summed E-state index contributed by atoms with van der Waals surface area (Å²) in [5.41, 5.74) is 0.132. The van der Waals surface area contributed by atoms with Crippen LogP contribution in [0.1, 0.15) is 19.4 Å². The van der Waals surface area contributed by atoms with Gasteiger partial charge in [-0.3, -0.25) is 9.69 Å². The van der Waals surface area contributed by atoms with Crippen molar-refractivity contribution in [2.75, 3.05) is 18.6 Å². The van der Waals surface area contributed by atoms with E-state index >= 15 is 0 Å². The molecule has 0 saturated carbocycles. The van der Waals surface area contributed by atoms with Crippen molar-refractivity contribution in [2.24, 2.45) is 0 Å². The second kappa shape index (κ2) is 5.06. The van der Waals surface area contributed by atoms with E-state index in [9.17, 15) is 9.90 Å². The molecule has 5 heteroatoms. The summed E-state index contributed by atoms with van der Waals surface area (Å²) in [6, 6.07) is 3.36. The van der Waals surface area contributed by atoms with Crippen LogP contribution in [0.25, 0.3) is 0 Å². The Kier molecular flexibility index (Phi) is 3.60. The Bertz CT molecular complexity index is 586. The lowest BCUT2D eigenvalue weighted by Crippen LogP contribution is -2.52. The van der Waals surface area contributed by atoms with E-state index in [-0.39, 0.29) is 19.1 Å². The van der Waals surface area contributed by atoms with Gasteiger partial charge in [0, 0.05) is 0 Å². The lowest BCUT2D eigenvalue weighted by atomic mass is 10.0. The SMILES string of the molecule is C#CCN1C(=O)C(C)(C)Oc2c(OC)cc(CO)cc21. The smallest absolute Gasteiger partial charge is 0.271 e. The summed E-state index contributed by atoms with van der Waals surface area (Å²) in [5.74, 6) is 3.17. The van der Waals surface area contributed by atoms with Crippen LogP contribution in [-0.2, 0) is 11.4 Å². The molecule has 1 aromatic rings. The molecule has 0 saturated heterocycles. The summed E-state index contributed by atoms with van der Waals surface area (Å²) < 4.78 is 11.0. The molecule has 5 nitrogen and oxygen atoms in total. The third kappa shape index (κ3) is 2.19.